The molecule has 0 amide bonds. The number of benzene rings is 2. The molecule has 3 nitrogen and oxygen atoms in total. The van der Waals surface area contributed by atoms with E-state index in [9.17, 15) is 0 Å². The first-order chi connectivity index (χ1) is 12.5. The minimum absolute atomic E-state index is 0.862. The maximum atomic E-state index is 5.46. The van der Waals surface area contributed by atoms with E-state index in [-0.39, 0.29) is 0 Å². The summed E-state index contributed by atoms with van der Waals surface area (Å²) < 4.78 is 6.64. The Balaban J connectivity index is 1.79. The average molecular weight is 417 g/mol. The molecule has 0 aromatic heterocycles. The molecule has 3 rings (SSSR count). The summed E-state index contributed by atoms with van der Waals surface area (Å²) in [4.78, 5) is 4.92. The van der Waals surface area contributed by atoms with E-state index in [1.54, 1.807) is 0 Å². The van der Waals surface area contributed by atoms with Gasteiger partial charge in [0.15, 0.2) is 0 Å². The molecule has 0 spiro atoms. The Labute approximate surface area is 166 Å². The number of ether oxygens (including phenoxy) is 1. The van der Waals surface area contributed by atoms with E-state index in [4.69, 9.17) is 4.74 Å². The van der Waals surface area contributed by atoms with Gasteiger partial charge in [0.25, 0.3) is 0 Å². The Morgan fingerprint density at radius 2 is 1.81 bits per heavy atom. The predicted molar refractivity (Wildman–Crippen MR) is 113 cm³/mol. The van der Waals surface area contributed by atoms with Crippen LogP contribution in [0.3, 0.4) is 0 Å². The van der Waals surface area contributed by atoms with Crippen molar-refractivity contribution < 1.29 is 4.74 Å². The lowest BCUT2D eigenvalue weighted by atomic mass is 9.97. The molecule has 0 aliphatic carbocycles. The van der Waals surface area contributed by atoms with Gasteiger partial charge in [0.1, 0.15) is 0 Å². The molecule has 1 aliphatic heterocycles. The van der Waals surface area contributed by atoms with Crippen LogP contribution in [0.2, 0.25) is 0 Å². The molecule has 0 atom stereocenters. The molecule has 0 bridgehead atoms. The Bertz CT molecular complexity index is 741. The number of morpholine rings is 1. The summed E-state index contributed by atoms with van der Waals surface area (Å²) in [6.45, 7) is 10.4. The molecular formula is C22H29BrN2O. The fraction of sp³-hybridized carbons (Fsp3) is 0.455. The van der Waals surface area contributed by atoms with Crippen molar-refractivity contribution in [2.45, 2.75) is 20.3 Å². The minimum Gasteiger partial charge on any atom is -0.379 e. The molecule has 26 heavy (non-hydrogen) atoms. The summed E-state index contributed by atoms with van der Waals surface area (Å²) >= 11 is 3.70. The summed E-state index contributed by atoms with van der Waals surface area (Å²) in [5.41, 5.74) is 6.80. The third-order valence-corrected chi connectivity index (χ3v) is 5.87. The summed E-state index contributed by atoms with van der Waals surface area (Å²) in [7, 11) is 2.22. The molecule has 0 N–H and O–H groups in total. The van der Waals surface area contributed by atoms with Crippen LogP contribution in [-0.2, 0) is 11.2 Å². The number of anilines is 1. The summed E-state index contributed by atoms with van der Waals surface area (Å²) in [5.74, 6) is 0. The Kier molecular flexibility index (Phi) is 6.74. The molecule has 2 aromatic carbocycles. The molecule has 0 saturated carbocycles. The molecular weight excluding hydrogens is 388 g/mol. The minimum atomic E-state index is 0.862. The van der Waals surface area contributed by atoms with Crippen molar-refractivity contribution in [2.24, 2.45) is 0 Å². The van der Waals surface area contributed by atoms with Crippen LogP contribution in [0, 0.1) is 13.8 Å². The second-order valence-corrected chi connectivity index (χ2v) is 8.09. The first kappa shape index (κ1) is 19.4. The van der Waals surface area contributed by atoms with Gasteiger partial charge in [-0.3, -0.25) is 4.90 Å². The monoisotopic (exact) mass is 416 g/mol. The van der Waals surface area contributed by atoms with Crippen LogP contribution in [0.25, 0.3) is 0 Å². The van der Waals surface area contributed by atoms with Crippen LogP contribution < -0.4 is 4.90 Å². The lowest BCUT2D eigenvalue weighted by Gasteiger charge is -2.31. The van der Waals surface area contributed by atoms with Gasteiger partial charge in [-0.05, 0) is 36.6 Å². The van der Waals surface area contributed by atoms with Crippen LogP contribution in [0.1, 0.15) is 22.3 Å². The van der Waals surface area contributed by atoms with E-state index in [1.165, 1.54) is 32.4 Å². The van der Waals surface area contributed by atoms with Gasteiger partial charge in [0, 0.05) is 49.8 Å². The van der Waals surface area contributed by atoms with Crippen LogP contribution in [0.5, 0.6) is 0 Å². The number of nitrogens with zero attached hydrogens (tertiary/aromatic N) is 2. The van der Waals surface area contributed by atoms with Crippen molar-refractivity contribution >= 4 is 21.6 Å². The van der Waals surface area contributed by atoms with Gasteiger partial charge in [0.05, 0.1) is 13.2 Å². The molecule has 0 unspecified atom stereocenters. The fourth-order valence-electron chi connectivity index (χ4n) is 3.80. The van der Waals surface area contributed by atoms with Gasteiger partial charge in [-0.15, -0.1) is 0 Å². The van der Waals surface area contributed by atoms with Crippen molar-refractivity contribution in [3.63, 3.8) is 0 Å². The lowest BCUT2D eigenvalue weighted by Crippen LogP contribution is -2.41. The second kappa shape index (κ2) is 9.03. The van der Waals surface area contributed by atoms with Crippen LogP contribution >= 0.6 is 15.9 Å². The van der Waals surface area contributed by atoms with E-state index >= 15 is 0 Å². The van der Waals surface area contributed by atoms with E-state index in [2.05, 4.69) is 83.0 Å². The normalized spacial score (nSPS) is 15.2. The molecule has 140 valence electrons. The quantitative estimate of drug-likeness (QED) is 0.692. The highest BCUT2D eigenvalue weighted by Crippen LogP contribution is 2.30. The largest absolute Gasteiger partial charge is 0.379 e. The van der Waals surface area contributed by atoms with Gasteiger partial charge in [-0.1, -0.05) is 51.8 Å². The molecule has 1 aliphatic rings. The van der Waals surface area contributed by atoms with Crippen molar-refractivity contribution in [3.8, 4) is 0 Å². The third-order valence-electron chi connectivity index (χ3n) is 5.10. The first-order valence-corrected chi connectivity index (χ1v) is 10.2. The second-order valence-electron chi connectivity index (χ2n) is 7.23. The van der Waals surface area contributed by atoms with E-state index in [0.29, 0.717) is 0 Å². The molecule has 4 heteroatoms. The topological polar surface area (TPSA) is 15.7 Å². The number of hydrogen-bond donors (Lipinski definition) is 0. The smallest absolute Gasteiger partial charge is 0.0594 e. The number of likely N-dealkylation sites (N-methyl/N-ethyl adjacent to an activating group) is 1. The van der Waals surface area contributed by atoms with Gasteiger partial charge in [-0.2, -0.15) is 0 Å². The van der Waals surface area contributed by atoms with Crippen molar-refractivity contribution in [1.29, 1.82) is 0 Å². The molecule has 1 heterocycles. The zero-order valence-electron chi connectivity index (χ0n) is 16.1. The van der Waals surface area contributed by atoms with E-state index in [0.717, 1.165) is 45.8 Å². The molecule has 1 fully saturated rings. The molecule has 0 radical (unpaired) electrons. The van der Waals surface area contributed by atoms with Crippen LogP contribution in [-0.4, -0.2) is 51.3 Å². The Morgan fingerprint density at radius 1 is 1.08 bits per heavy atom. The van der Waals surface area contributed by atoms with E-state index < -0.39 is 0 Å². The third kappa shape index (κ3) is 4.87. The highest BCUT2D eigenvalue weighted by molar-refractivity contribution is 9.10. The van der Waals surface area contributed by atoms with Gasteiger partial charge >= 0.3 is 0 Å². The van der Waals surface area contributed by atoms with Crippen molar-refractivity contribution in [3.05, 3.63) is 63.1 Å². The maximum absolute atomic E-state index is 5.46. The first-order valence-electron chi connectivity index (χ1n) is 9.39. The standard InChI is InChI=1S/C22H29BrN2O/c1-17-14-18(2)22(24(3)8-9-25-10-12-26-13-11-25)20(15-17)16-19-6-4-5-7-21(19)23/h4-7,14-15H,8-13,16H2,1-3H3. The van der Waals surface area contributed by atoms with Gasteiger partial charge in [0.2, 0.25) is 0 Å². The summed E-state index contributed by atoms with van der Waals surface area (Å²) in [6, 6.07) is 13.2. The van der Waals surface area contributed by atoms with Crippen LogP contribution in [0.4, 0.5) is 5.69 Å². The SMILES string of the molecule is Cc1cc(C)c(N(C)CCN2CCOCC2)c(Cc2ccccc2Br)c1. The Morgan fingerprint density at radius 3 is 2.54 bits per heavy atom. The van der Waals surface area contributed by atoms with Gasteiger partial charge < -0.3 is 9.64 Å². The summed E-state index contributed by atoms with van der Waals surface area (Å²) in [5, 5.41) is 0. The number of halogens is 1. The van der Waals surface area contributed by atoms with Gasteiger partial charge in [-0.25, -0.2) is 0 Å². The highest BCUT2D eigenvalue weighted by Gasteiger charge is 2.15. The van der Waals surface area contributed by atoms with E-state index in [1.807, 2.05) is 0 Å². The molecule has 1 saturated heterocycles. The maximum Gasteiger partial charge on any atom is 0.0594 e. The Hall–Kier alpha value is -1.36. The zero-order valence-corrected chi connectivity index (χ0v) is 17.7. The average Bonchev–Trinajstić information content (AvgIpc) is 2.62. The fourth-order valence-corrected chi connectivity index (χ4v) is 4.23. The van der Waals surface area contributed by atoms with Crippen LogP contribution in [0.15, 0.2) is 40.9 Å². The molecule has 2 aromatic rings. The number of aryl methyl sites for hydroxylation is 2. The zero-order chi connectivity index (χ0) is 18.5. The summed E-state index contributed by atoms with van der Waals surface area (Å²) in [6.07, 6.45) is 0.946. The number of hydrogen-bond acceptors (Lipinski definition) is 3. The van der Waals surface area contributed by atoms with Crippen molar-refractivity contribution in [2.75, 3.05) is 51.3 Å². The predicted octanol–water partition coefficient (Wildman–Crippen LogP) is 4.43. The number of rotatable bonds is 6. The highest BCUT2D eigenvalue weighted by atomic mass is 79.9. The van der Waals surface area contributed by atoms with Crippen molar-refractivity contribution in [1.82, 2.24) is 4.90 Å². The lowest BCUT2D eigenvalue weighted by molar-refractivity contribution is 0.0393.